The van der Waals surface area contributed by atoms with Crippen LogP contribution < -0.4 is 5.73 Å². The van der Waals surface area contributed by atoms with E-state index >= 15 is 0 Å². The van der Waals surface area contributed by atoms with Crippen molar-refractivity contribution in [3.8, 4) is 0 Å². The number of ether oxygens (including phenoxy) is 2. The molecular formula is C11H21NO3. The molecule has 1 fully saturated rings. The lowest BCUT2D eigenvalue weighted by molar-refractivity contribution is -0.142. The van der Waals surface area contributed by atoms with E-state index in [1.54, 1.807) is 0 Å². The fourth-order valence-electron chi connectivity index (χ4n) is 1.93. The highest BCUT2D eigenvalue weighted by atomic mass is 16.5. The molecule has 2 N–H and O–H groups in total. The second-order valence-electron chi connectivity index (χ2n) is 4.30. The van der Waals surface area contributed by atoms with E-state index in [9.17, 15) is 4.79 Å². The summed E-state index contributed by atoms with van der Waals surface area (Å²) < 4.78 is 9.94. The van der Waals surface area contributed by atoms with Crippen molar-refractivity contribution in [2.24, 2.45) is 5.73 Å². The van der Waals surface area contributed by atoms with E-state index in [0.717, 1.165) is 12.8 Å². The first kappa shape index (κ1) is 12.5. The van der Waals surface area contributed by atoms with Crippen molar-refractivity contribution in [2.45, 2.75) is 44.1 Å². The molecule has 0 aromatic heterocycles. The monoisotopic (exact) mass is 215 g/mol. The van der Waals surface area contributed by atoms with Crippen LogP contribution >= 0.6 is 0 Å². The molecular weight excluding hydrogens is 194 g/mol. The van der Waals surface area contributed by atoms with Gasteiger partial charge in [-0.25, -0.2) is 0 Å². The summed E-state index contributed by atoms with van der Waals surface area (Å²) in [5, 5.41) is 0. The van der Waals surface area contributed by atoms with Gasteiger partial charge >= 0.3 is 5.97 Å². The zero-order chi connectivity index (χ0) is 11.1. The van der Waals surface area contributed by atoms with Gasteiger partial charge in [-0.15, -0.1) is 0 Å². The third-order valence-corrected chi connectivity index (χ3v) is 2.92. The van der Waals surface area contributed by atoms with Crippen LogP contribution in [0, 0.1) is 0 Å². The molecule has 4 nitrogen and oxygen atoms in total. The summed E-state index contributed by atoms with van der Waals surface area (Å²) in [4.78, 5) is 10.8. The standard InChI is InChI=1S/C11H21NO3/c1-14-10(13)5-8-15-9-11(12)6-3-2-4-7-11/h2-9,12H2,1H3. The van der Waals surface area contributed by atoms with Crippen molar-refractivity contribution in [1.82, 2.24) is 0 Å². The summed E-state index contributed by atoms with van der Waals surface area (Å²) in [6.45, 7) is 0.968. The number of carbonyl (C=O) groups is 1. The normalized spacial score (nSPS) is 19.9. The lowest BCUT2D eigenvalue weighted by Crippen LogP contribution is -2.46. The van der Waals surface area contributed by atoms with E-state index in [-0.39, 0.29) is 11.5 Å². The molecule has 0 atom stereocenters. The van der Waals surface area contributed by atoms with Gasteiger partial charge in [-0.3, -0.25) is 4.79 Å². The highest BCUT2D eigenvalue weighted by Gasteiger charge is 2.27. The molecule has 0 heterocycles. The fraction of sp³-hybridized carbons (Fsp3) is 0.909. The predicted molar refractivity (Wildman–Crippen MR) is 57.5 cm³/mol. The third kappa shape index (κ3) is 4.62. The van der Waals surface area contributed by atoms with Gasteiger partial charge in [0.15, 0.2) is 0 Å². The molecule has 88 valence electrons. The number of hydrogen-bond donors (Lipinski definition) is 1. The van der Waals surface area contributed by atoms with Crippen molar-refractivity contribution < 1.29 is 14.3 Å². The highest BCUT2D eigenvalue weighted by Crippen LogP contribution is 2.25. The molecule has 1 saturated carbocycles. The topological polar surface area (TPSA) is 61.5 Å². The van der Waals surface area contributed by atoms with Crippen LogP contribution in [0.2, 0.25) is 0 Å². The molecule has 0 aliphatic heterocycles. The Hall–Kier alpha value is -0.610. The number of rotatable bonds is 5. The molecule has 15 heavy (non-hydrogen) atoms. The molecule has 0 amide bonds. The number of methoxy groups -OCH3 is 1. The van der Waals surface area contributed by atoms with Gasteiger partial charge in [0.05, 0.1) is 26.7 Å². The lowest BCUT2D eigenvalue weighted by atomic mass is 9.83. The second-order valence-corrected chi connectivity index (χ2v) is 4.30. The minimum absolute atomic E-state index is 0.158. The Morgan fingerprint density at radius 3 is 2.60 bits per heavy atom. The maximum atomic E-state index is 10.8. The number of esters is 1. The molecule has 1 aliphatic rings. The van der Waals surface area contributed by atoms with E-state index in [0.29, 0.717) is 19.6 Å². The number of nitrogens with two attached hydrogens (primary N) is 1. The third-order valence-electron chi connectivity index (χ3n) is 2.92. The smallest absolute Gasteiger partial charge is 0.307 e. The number of carbonyl (C=O) groups excluding carboxylic acids is 1. The van der Waals surface area contributed by atoms with Gasteiger partial charge in [-0.1, -0.05) is 19.3 Å². The van der Waals surface area contributed by atoms with Crippen LogP contribution in [0.3, 0.4) is 0 Å². The van der Waals surface area contributed by atoms with Gasteiger partial charge in [0.1, 0.15) is 0 Å². The summed E-state index contributed by atoms with van der Waals surface area (Å²) >= 11 is 0. The second kappa shape index (κ2) is 6.08. The van der Waals surface area contributed by atoms with Gasteiger partial charge in [0.25, 0.3) is 0 Å². The Morgan fingerprint density at radius 2 is 2.00 bits per heavy atom. The van der Waals surface area contributed by atoms with Crippen molar-refractivity contribution in [3.05, 3.63) is 0 Å². The van der Waals surface area contributed by atoms with Crippen molar-refractivity contribution in [1.29, 1.82) is 0 Å². The maximum absolute atomic E-state index is 10.8. The molecule has 1 aliphatic carbocycles. The van der Waals surface area contributed by atoms with Crippen LogP contribution in [0.5, 0.6) is 0 Å². The van der Waals surface area contributed by atoms with Gasteiger partial charge in [0, 0.05) is 5.54 Å². The van der Waals surface area contributed by atoms with Crippen LogP contribution in [0.25, 0.3) is 0 Å². The zero-order valence-corrected chi connectivity index (χ0v) is 9.46. The average Bonchev–Trinajstić information content (AvgIpc) is 2.25. The molecule has 0 aromatic rings. The van der Waals surface area contributed by atoms with E-state index in [2.05, 4.69) is 4.74 Å². The highest BCUT2D eigenvalue weighted by molar-refractivity contribution is 5.69. The van der Waals surface area contributed by atoms with E-state index in [1.165, 1.54) is 26.4 Å². The summed E-state index contributed by atoms with van der Waals surface area (Å²) in [5.74, 6) is -0.232. The van der Waals surface area contributed by atoms with Gasteiger partial charge in [-0.2, -0.15) is 0 Å². The molecule has 0 saturated heterocycles. The van der Waals surface area contributed by atoms with Crippen LogP contribution in [0.15, 0.2) is 0 Å². The average molecular weight is 215 g/mol. The van der Waals surface area contributed by atoms with Crippen LogP contribution in [0.1, 0.15) is 38.5 Å². The largest absolute Gasteiger partial charge is 0.469 e. The predicted octanol–water partition coefficient (Wildman–Crippen LogP) is 1.23. The number of hydrogen-bond acceptors (Lipinski definition) is 4. The molecule has 4 heteroatoms. The van der Waals surface area contributed by atoms with Crippen molar-refractivity contribution in [2.75, 3.05) is 20.3 Å². The van der Waals surface area contributed by atoms with Crippen LogP contribution in [-0.4, -0.2) is 31.8 Å². The van der Waals surface area contributed by atoms with Crippen LogP contribution in [-0.2, 0) is 14.3 Å². The quantitative estimate of drug-likeness (QED) is 0.553. The van der Waals surface area contributed by atoms with Gasteiger partial charge in [-0.05, 0) is 12.8 Å². The van der Waals surface area contributed by atoms with Crippen molar-refractivity contribution >= 4 is 5.97 Å². The molecule has 0 bridgehead atoms. The Morgan fingerprint density at radius 1 is 1.33 bits per heavy atom. The first-order valence-electron chi connectivity index (χ1n) is 5.60. The zero-order valence-electron chi connectivity index (χ0n) is 9.46. The molecule has 0 radical (unpaired) electrons. The first-order valence-corrected chi connectivity index (χ1v) is 5.60. The maximum Gasteiger partial charge on any atom is 0.307 e. The minimum atomic E-state index is -0.232. The molecule has 1 rings (SSSR count). The lowest BCUT2D eigenvalue weighted by Gasteiger charge is -2.32. The fourth-order valence-corrected chi connectivity index (χ4v) is 1.93. The van der Waals surface area contributed by atoms with Gasteiger partial charge in [0.2, 0.25) is 0 Å². The summed E-state index contributed by atoms with van der Waals surface area (Å²) in [6.07, 6.45) is 6.04. The van der Waals surface area contributed by atoms with E-state index in [4.69, 9.17) is 10.5 Å². The van der Waals surface area contributed by atoms with E-state index in [1.807, 2.05) is 0 Å². The summed E-state index contributed by atoms with van der Waals surface area (Å²) in [5.41, 5.74) is 6.01. The first-order chi connectivity index (χ1) is 7.16. The summed E-state index contributed by atoms with van der Waals surface area (Å²) in [7, 11) is 1.38. The SMILES string of the molecule is COC(=O)CCOCC1(N)CCCCC1. The van der Waals surface area contributed by atoms with Crippen molar-refractivity contribution in [3.63, 3.8) is 0 Å². The molecule has 0 aromatic carbocycles. The molecule has 0 unspecified atom stereocenters. The molecule has 0 spiro atoms. The Labute approximate surface area is 91.1 Å². The minimum Gasteiger partial charge on any atom is -0.469 e. The summed E-state index contributed by atoms with van der Waals surface area (Å²) in [6, 6.07) is 0. The van der Waals surface area contributed by atoms with Gasteiger partial charge < -0.3 is 15.2 Å². The van der Waals surface area contributed by atoms with Crippen LogP contribution in [0.4, 0.5) is 0 Å². The van der Waals surface area contributed by atoms with E-state index < -0.39 is 0 Å². The Bertz CT molecular complexity index is 200. The Balaban J connectivity index is 2.10. The Kier molecular flexibility index (Phi) is 5.05.